The number of carbonyl (C=O) groups is 2. The van der Waals surface area contributed by atoms with Gasteiger partial charge in [0.1, 0.15) is 6.04 Å². The van der Waals surface area contributed by atoms with Gasteiger partial charge >= 0.3 is 5.97 Å². The van der Waals surface area contributed by atoms with E-state index in [1.807, 2.05) is 18.2 Å². The third-order valence-electron chi connectivity index (χ3n) is 5.89. The molecule has 1 amide bonds. The minimum atomic E-state index is -0.654. The molecule has 0 saturated carbocycles. The Morgan fingerprint density at radius 3 is 2.41 bits per heavy atom. The van der Waals surface area contributed by atoms with E-state index in [1.54, 1.807) is 4.90 Å². The number of nitrogens with one attached hydrogen (secondary N) is 1. The molecule has 29 heavy (non-hydrogen) atoms. The predicted molar refractivity (Wildman–Crippen MR) is 113 cm³/mol. The van der Waals surface area contributed by atoms with Gasteiger partial charge in [0.2, 0.25) is 5.91 Å². The highest BCUT2D eigenvalue weighted by atomic mass is 16.5. The fourth-order valence-electron chi connectivity index (χ4n) is 4.41. The van der Waals surface area contributed by atoms with Gasteiger partial charge in [0.05, 0.1) is 13.2 Å². The van der Waals surface area contributed by atoms with E-state index in [-0.39, 0.29) is 17.9 Å². The van der Waals surface area contributed by atoms with Crippen LogP contribution in [0.3, 0.4) is 0 Å². The lowest BCUT2D eigenvalue weighted by atomic mass is 9.87. The summed E-state index contributed by atoms with van der Waals surface area (Å²) in [5, 5.41) is 1.09. The SMILES string of the molecule is COC(=O)[C@H]1Cc2c([nH]c3ccccc23)[C@@H](c2ccc(C(C)C)cc2)N1C(C)=O. The van der Waals surface area contributed by atoms with Crippen molar-refractivity contribution >= 4 is 22.8 Å². The van der Waals surface area contributed by atoms with Crippen molar-refractivity contribution in [1.82, 2.24) is 9.88 Å². The lowest BCUT2D eigenvalue weighted by Gasteiger charge is -2.40. The number of H-pyrrole nitrogens is 1. The van der Waals surface area contributed by atoms with Crippen LogP contribution in [0.4, 0.5) is 0 Å². The first-order valence-electron chi connectivity index (χ1n) is 9.98. The topological polar surface area (TPSA) is 62.4 Å². The highest BCUT2D eigenvalue weighted by Crippen LogP contribution is 2.41. The molecule has 5 nitrogen and oxygen atoms in total. The zero-order valence-electron chi connectivity index (χ0n) is 17.2. The molecular weight excluding hydrogens is 364 g/mol. The van der Waals surface area contributed by atoms with Crippen LogP contribution in [-0.4, -0.2) is 34.9 Å². The summed E-state index contributed by atoms with van der Waals surface area (Å²) in [5.41, 5.74) is 5.27. The highest BCUT2D eigenvalue weighted by molar-refractivity contribution is 5.90. The molecule has 5 heteroatoms. The van der Waals surface area contributed by atoms with Gasteiger partial charge < -0.3 is 14.6 Å². The normalized spacial score (nSPS) is 18.7. The van der Waals surface area contributed by atoms with Crippen LogP contribution in [0.5, 0.6) is 0 Å². The van der Waals surface area contributed by atoms with E-state index in [0.29, 0.717) is 12.3 Å². The molecule has 2 heterocycles. The van der Waals surface area contributed by atoms with Crippen molar-refractivity contribution in [3.63, 3.8) is 0 Å². The second-order valence-electron chi connectivity index (χ2n) is 7.96. The van der Waals surface area contributed by atoms with Crippen LogP contribution >= 0.6 is 0 Å². The quantitative estimate of drug-likeness (QED) is 0.677. The van der Waals surface area contributed by atoms with Gasteiger partial charge in [0.15, 0.2) is 0 Å². The molecule has 1 aliphatic rings. The molecule has 3 aromatic rings. The predicted octanol–water partition coefficient (Wildman–Crippen LogP) is 4.33. The summed E-state index contributed by atoms with van der Waals surface area (Å²) in [4.78, 5) is 30.5. The van der Waals surface area contributed by atoms with Gasteiger partial charge in [-0.05, 0) is 28.7 Å². The lowest BCUT2D eigenvalue weighted by Crippen LogP contribution is -2.51. The van der Waals surface area contributed by atoms with Crippen molar-refractivity contribution in [2.75, 3.05) is 7.11 Å². The highest BCUT2D eigenvalue weighted by Gasteiger charge is 2.42. The van der Waals surface area contributed by atoms with Crippen molar-refractivity contribution < 1.29 is 14.3 Å². The van der Waals surface area contributed by atoms with Crippen LogP contribution in [0.15, 0.2) is 48.5 Å². The molecule has 0 radical (unpaired) electrons. The minimum Gasteiger partial charge on any atom is -0.467 e. The Kier molecular flexibility index (Phi) is 4.91. The molecule has 1 N–H and O–H groups in total. The Bertz CT molecular complexity index is 1070. The van der Waals surface area contributed by atoms with Crippen LogP contribution < -0.4 is 0 Å². The van der Waals surface area contributed by atoms with E-state index in [9.17, 15) is 9.59 Å². The van der Waals surface area contributed by atoms with Crippen LogP contribution in [0.1, 0.15) is 55.1 Å². The van der Waals surface area contributed by atoms with Gasteiger partial charge in [0.25, 0.3) is 0 Å². The number of ether oxygens (including phenoxy) is 1. The summed E-state index contributed by atoms with van der Waals surface area (Å²) in [7, 11) is 1.37. The largest absolute Gasteiger partial charge is 0.467 e. The van der Waals surface area contributed by atoms with E-state index in [2.05, 4.69) is 49.2 Å². The number of aromatic nitrogens is 1. The van der Waals surface area contributed by atoms with E-state index in [0.717, 1.165) is 27.7 Å². The van der Waals surface area contributed by atoms with E-state index in [1.165, 1.54) is 19.6 Å². The molecule has 0 spiro atoms. The summed E-state index contributed by atoms with van der Waals surface area (Å²) in [6.45, 7) is 5.82. The second kappa shape index (κ2) is 7.39. The number of rotatable bonds is 3. The van der Waals surface area contributed by atoms with Gasteiger partial charge in [-0.15, -0.1) is 0 Å². The number of para-hydroxylation sites is 1. The molecule has 0 bridgehead atoms. The molecule has 0 fully saturated rings. The Morgan fingerprint density at radius 2 is 1.79 bits per heavy atom. The molecule has 0 unspecified atom stereocenters. The van der Waals surface area contributed by atoms with E-state index >= 15 is 0 Å². The summed E-state index contributed by atoms with van der Waals surface area (Å²) in [6, 6.07) is 15.4. The van der Waals surface area contributed by atoms with Crippen molar-refractivity contribution in [3.8, 4) is 0 Å². The number of fused-ring (bicyclic) bond motifs is 3. The molecular formula is C24H26N2O3. The summed E-state index contributed by atoms with van der Waals surface area (Å²) < 4.78 is 5.07. The van der Waals surface area contributed by atoms with Crippen LogP contribution in [0.2, 0.25) is 0 Å². The molecule has 2 atom stereocenters. The number of amides is 1. The second-order valence-corrected chi connectivity index (χ2v) is 7.96. The molecule has 1 aromatic heterocycles. The number of hydrogen-bond donors (Lipinski definition) is 1. The molecule has 2 aromatic carbocycles. The Labute approximate surface area is 170 Å². The molecule has 4 rings (SSSR count). The van der Waals surface area contributed by atoms with Gasteiger partial charge in [-0.2, -0.15) is 0 Å². The maximum Gasteiger partial charge on any atom is 0.328 e. The number of esters is 1. The number of carbonyl (C=O) groups excluding carboxylic acids is 2. The van der Waals surface area contributed by atoms with Crippen LogP contribution in [0.25, 0.3) is 10.9 Å². The molecule has 1 aliphatic heterocycles. The average molecular weight is 390 g/mol. The standard InChI is InChI=1S/C24H26N2O3/c1-14(2)16-9-11-17(12-10-16)23-22-19(18-7-5-6-8-20(18)25-22)13-21(24(28)29-4)26(23)15(3)27/h5-12,14,21,23,25H,13H2,1-4H3/t21-,23-/m1/s1. The number of methoxy groups -OCH3 is 1. The Balaban J connectivity index is 1.93. The fraction of sp³-hybridized carbons (Fsp3) is 0.333. The zero-order chi connectivity index (χ0) is 20.7. The van der Waals surface area contributed by atoms with Crippen molar-refractivity contribution in [2.45, 2.75) is 45.2 Å². The zero-order valence-corrected chi connectivity index (χ0v) is 17.2. The van der Waals surface area contributed by atoms with Crippen LogP contribution in [-0.2, 0) is 20.7 Å². The van der Waals surface area contributed by atoms with Crippen molar-refractivity contribution in [2.24, 2.45) is 0 Å². The summed E-state index contributed by atoms with van der Waals surface area (Å²) in [6.07, 6.45) is 0.437. The van der Waals surface area contributed by atoms with Crippen molar-refractivity contribution in [3.05, 3.63) is 70.9 Å². The van der Waals surface area contributed by atoms with E-state index < -0.39 is 6.04 Å². The number of aromatic amines is 1. The monoisotopic (exact) mass is 390 g/mol. The Hall–Kier alpha value is -3.08. The van der Waals surface area contributed by atoms with Gasteiger partial charge in [0, 0.05) is 29.9 Å². The van der Waals surface area contributed by atoms with Crippen molar-refractivity contribution in [1.29, 1.82) is 0 Å². The maximum atomic E-state index is 12.7. The fourth-order valence-corrected chi connectivity index (χ4v) is 4.41. The Morgan fingerprint density at radius 1 is 1.10 bits per heavy atom. The van der Waals surface area contributed by atoms with Crippen LogP contribution in [0, 0.1) is 0 Å². The third kappa shape index (κ3) is 3.20. The summed E-state index contributed by atoms with van der Waals surface area (Å²) in [5.74, 6) is -0.117. The molecule has 0 aliphatic carbocycles. The van der Waals surface area contributed by atoms with Gasteiger partial charge in [-0.3, -0.25) is 4.79 Å². The smallest absolute Gasteiger partial charge is 0.328 e. The number of hydrogen-bond acceptors (Lipinski definition) is 3. The van der Waals surface area contributed by atoms with Gasteiger partial charge in [-0.25, -0.2) is 4.79 Å². The first-order chi connectivity index (χ1) is 13.9. The minimum absolute atomic E-state index is 0.150. The van der Waals surface area contributed by atoms with Gasteiger partial charge in [-0.1, -0.05) is 56.3 Å². The number of nitrogens with zero attached hydrogens (tertiary/aromatic N) is 1. The maximum absolute atomic E-state index is 12.7. The third-order valence-corrected chi connectivity index (χ3v) is 5.89. The summed E-state index contributed by atoms with van der Waals surface area (Å²) >= 11 is 0. The number of benzene rings is 2. The molecule has 0 saturated heterocycles. The lowest BCUT2D eigenvalue weighted by molar-refractivity contribution is -0.154. The molecule has 150 valence electrons. The average Bonchev–Trinajstić information content (AvgIpc) is 3.10. The van der Waals surface area contributed by atoms with E-state index in [4.69, 9.17) is 4.74 Å². The first-order valence-corrected chi connectivity index (χ1v) is 9.98. The first kappa shape index (κ1) is 19.2.